The van der Waals surface area contributed by atoms with Crippen molar-refractivity contribution in [2.75, 3.05) is 6.26 Å². The highest BCUT2D eigenvalue weighted by atomic mass is 35.5. The third kappa shape index (κ3) is 3.39. The molecule has 1 aliphatic rings. The van der Waals surface area contributed by atoms with Gasteiger partial charge in [0.15, 0.2) is 9.84 Å². The van der Waals surface area contributed by atoms with E-state index < -0.39 is 15.3 Å². The molecule has 0 bridgehead atoms. The summed E-state index contributed by atoms with van der Waals surface area (Å²) >= 11 is 12.5. The van der Waals surface area contributed by atoms with Gasteiger partial charge in [0.2, 0.25) is 0 Å². The van der Waals surface area contributed by atoms with Crippen molar-refractivity contribution >= 4 is 39.1 Å². The zero-order valence-electron chi connectivity index (χ0n) is 15.2. The second-order valence-electron chi connectivity index (χ2n) is 7.11. The first-order valence-corrected chi connectivity index (χ1v) is 11.5. The molecule has 0 amide bonds. The van der Waals surface area contributed by atoms with Crippen LogP contribution in [0.25, 0.3) is 6.08 Å². The average molecular weight is 429 g/mol. The highest BCUT2D eigenvalue weighted by Crippen LogP contribution is 2.45. The van der Waals surface area contributed by atoms with Crippen LogP contribution in [0.1, 0.15) is 22.3 Å². The van der Waals surface area contributed by atoms with Crippen LogP contribution in [-0.4, -0.2) is 14.7 Å². The van der Waals surface area contributed by atoms with Crippen LogP contribution in [-0.2, 0) is 21.7 Å². The van der Waals surface area contributed by atoms with Crippen LogP contribution in [0.2, 0.25) is 10.0 Å². The molecule has 0 aliphatic heterocycles. The molecule has 0 N–H and O–H groups in total. The van der Waals surface area contributed by atoms with Gasteiger partial charge in [-0.3, -0.25) is 0 Å². The first-order chi connectivity index (χ1) is 13.3. The fourth-order valence-electron chi connectivity index (χ4n) is 3.83. The summed E-state index contributed by atoms with van der Waals surface area (Å²) in [6, 6.07) is 21.1. The van der Waals surface area contributed by atoms with Crippen molar-refractivity contribution < 1.29 is 8.42 Å². The largest absolute Gasteiger partial charge is 0.224 e. The number of fused-ring (bicyclic) bond motifs is 1. The molecule has 28 heavy (non-hydrogen) atoms. The molecule has 1 atom stereocenters. The van der Waals surface area contributed by atoms with Crippen LogP contribution in [0.15, 0.2) is 77.7 Å². The molecule has 1 unspecified atom stereocenters. The van der Waals surface area contributed by atoms with Crippen LogP contribution in [0, 0.1) is 0 Å². The maximum atomic E-state index is 11.8. The molecular formula is C23H18Cl2O2S. The van der Waals surface area contributed by atoms with Gasteiger partial charge in [0, 0.05) is 11.7 Å². The van der Waals surface area contributed by atoms with Crippen molar-refractivity contribution in [3.8, 4) is 0 Å². The van der Waals surface area contributed by atoms with E-state index in [-0.39, 0.29) is 0 Å². The van der Waals surface area contributed by atoms with Crippen molar-refractivity contribution in [3.63, 3.8) is 0 Å². The normalized spacial score (nSPS) is 18.2. The number of allylic oxidation sites excluding steroid dienone is 1. The van der Waals surface area contributed by atoms with E-state index in [1.54, 1.807) is 12.1 Å². The minimum atomic E-state index is -3.22. The Hall–Kier alpha value is -2.07. The van der Waals surface area contributed by atoms with Crippen molar-refractivity contribution in [1.29, 1.82) is 0 Å². The summed E-state index contributed by atoms with van der Waals surface area (Å²) in [7, 11) is -3.22. The van der Waals surface area contributed by atoms with E-state index in [2.05, 4.69) is 24.3 Å². The first-order valence-electron chi connectivity index (χ1n) is 8.83. The molecule has 0 fully saturated rings. The summed E-state index contributed by atoms with van der Waals surface area (Å²) in [6.45, 7) is 0. The van der Waals surface area contributed by atoms with E-state index in [1.807, 2.05) is 42.5 Å². The predicted molar refractivity (Wildman–Crippen MR) is 116 cm³/mol. The minimum absolute atomic E-state index is 0.321. The van der Waals surface area contributed by atoms with E-state index in [9.17, 15) is 8.42 Å². The number of sulfone groups is 1. The number of benzene rings is 3. The molecule has 3 aromatic rings. The molecule has 0 spiro atoms. The van der Waals surface area contributed by atoms with Gasteiger partial charge in [-0.15, -0.1) is 0 Å². The second kappa shape index (κ2) is 7.07. The lowest BCUT2D eigenvalue weighted by Crippen LogP contribution is -2.26. The van der Waals surface area contributed by atoms with Crippen LogP contribution >= 0.6 is 23.2 Å². The maximum Gasteiger partial charge on any atom is 0.175 e. The number of halogens is 2. The number of rotatable bonds is 4. The van der Waals surface area contributed by atoms with Crippen LogP contribution in [0.5, 0.6) is 0 Å². The monoisotopic (exact) mass is 428 g/mol. The van der Waals surface area contributed by atoms with Gasteiger partial charge < -0.3 is 0 Å². The molecular weight excluding hydrogens is 411 g/mol. The smallest absolute Gasteiger partial charge is 0.175 e. The Morgan fingerprint density at radius 3 is 2.29 bits per heavy atom. The molecule has 0 aromatic heterocycles. The minimum Gasteiger partial charge on any atom is -0.224 e. The molecule has 0 radical (unpaired) electrons. The summed E-state index contributed by atoms with van der Waals surface area (Å²) in [6.07, 6.45) is 6.22. The number of hydrogen-bond acceptors (Lipinski definition) is 2. The van der Waals surface area contributed by atoms with Crippen molar-refractivity contribution in [3.05, 3.63) is 105 Å². The molecule has 4 rings (SSSR count). The maximum absolute atomic E-state index is 11.8. The Balaban J connectivity index is 1.84. The molecule has 3 aromatic carbocycles. The molecule has 1 aliphatic carbocycles. The van der Waals surface area contributed by atoms with E-state index in [0.29, 0.717) is 21.4 Å². The SMILES string of the molecule is CS(=O)(=O)c1ccc(CC2(c3ccc(Cl)c(Cl)c3)C=Cc3ccccc32)cc1. The summed E-state index contributed by atoms with van der Waals surface area (Å²) in [5.74, 6) is 0. The highest BCUT2D eigenvalue weighted by Gasteiger charge is 2.37. The quantitative estimate of drug-likeness (QED) is 0.514. The highest BCUT2D eigenvalue weighted by molar-refractivity contribution is 7.90. The van der Waals surface area contributed by atoms with Gasteiger partial charge in [-0.2, -0.15) is 0 Å². The first kappa shape index (κ1) is 19.3. The van der Waals surface area contributed by atoms with Gasteiger partial charge in [0.1, 0.15) is 0 Å². The fourth-order valence-corrected chi connectivity index (χ4v) is 4.76. The van der Waals surface area contributed by atoms with E-state index in [4.69, 9.17) is 23.2 Å². The molecule has 0 saturated heterocycles. The summed E-state index contributed by atoms with van der Waals surface area (Å²) in [5.41, 5.74) is 4.06. The zero-order valence-corrected chi connectivity index (χ0v) is 17.5. The summed E-state index contributed by atoms with van der Waals surface area (Å²) in [4.78, 5) is 0.321. The lowest BCUT2D eigenvalue weighted by atomic mass is 9.72. The van der Waals surface area contributed by atoms with Crippen molar-refractivity contribution in [2.24, 2.45) is 0 Å². The van der Waals surface area contributed by atoms with Crippen molar-refractivity contribution in [1.82, 2.24) is 0 Å². The van der Waals surface area contributed by atoms with Gasteiger partial charge in [-0.1, -0.05) is 77.8 Å². The van der Waals surface area contributed by atoms with E-state index >= 15 is 0 Å². The molecule has 0 heterocycles. The third-order valence-electron chi connectivity index (χ3n) is 5.26. The molecule has 2 nitrogen and oxygen atoms in total. The Morgan fingerprint density at radius 2 is 1.61 bits per heavy atom. The van der Waals surface area contributed by atoms with Gasteiger partial charge in [-0.25, -0.2) is 8.42 Å². The molecule has 0 saturated carbocycles. The Bertz CT molecular complexity index is 1180. The summed E-state index contributed by atoms with van der Waals surface area (Å²) < 4.78 is 23.5. The Morgan fingerprint density at radius 1 is 0.893 bits per heavy atom. The summed E-state index contributed by atoms with van der Waals surface area (Å²) in [5, 5.41) is 1.04. The van der Waals surface area contributed by atoms with Gasteiger partial charge in [-0.05, 0) is 52.9 Å². The fraction of sp³-hybridized carbons (Fsp3) is 0.130. The second-order valence-corrected chi connectivity index (χ2v) is 9.94. The van der Waals surface area contributed by atoms with Gasteiger partial charge in [0.25, 0.3) is 0 Å². The van der Waals surface area contributed by atoms with E-state index in [0.717, 1.165) is 11.1 Å². The Kier molecular flexibility index (Phi) is 4.86. The van der Waals surface area contributed by atoms with Crippen LogP contribution in [0.3, 0.4) is 0 Å². The third-order valence-corrected chi connectivity index (χ3v) is 7.13. The lowest BCUT2D eigenvalue weighted by Gasteiger charge is -2.31. The van der Waals surface area contributed by atoms with Crippen molar-refractivity contribution in [2.45, 2.75) is 16.7 Å². The van der Waals surface area contributed by atoms with Crippen LogP contribution in [0.4, 0.5) is 0 Å². The van der Waals surface area contributed by atoms with Gasteiger partial charge in [0.05, 0.1) is 14.9 Å². The predicted octanol–water partition coefficient (Wildman–Crippen LogP) is 5.95. The lowest BCUT2D eigenvalue weighted by molar-refractivity contribution is 0.601. The van der Waals surface area contributed by atoms with E-state index in [1.165, 1.54) is 17.4 Å². The Labute approximate surface area is 175 Å². The van der Waals surface area contributed by atoms with Crippen LogP contribution < -0.4 is 0 Å². The zero-order chi connectivity index (χ0) is 19.9. The van der Waals surface area contributed by atoms with Gasteiger partial charge >= 0.3 is 0 Å². The average Bonchev–Trinajstić information content (AvgIpc) is 3.03. The number of hydrogen-bond donors (Lipinski definition) is 0. The molecule has 142 valence electrons. The molecule has 5 heteroatoms. The topological polar surface area (TPSA) is 34.1 Å². The standard InChI is InChI=1S/C23H18Cl2O2S/c1-28(26,27)19-9-6-16(7-10-19)15-23(18-8-11-21(24)22(25)14-18)13-12-17-4-2-3-5-20(17)23/h2-14H,15H2,1H3.